The first-order chi connectivity index (χ1) is 10.1. The van der Waals surface area contributed by atoms with E-state index in [1.54, 1.807) is 18.0 Å². The summed E-state index contributed by atoms with van der Waals surface area (Å²) in [5.41, 5.74) is 0.446. The van der Waals surface area contributed by atoms with Crippen LogP contribution >= 0.6 is 23.4 Å². The van der Waals surface area contributed by atoms with Gasteiger partial charge in [0.25, 0.3) is 0 Å². The molecule has 0 aliphatic carbocycles. The van der Waals surface area contributed by atoms with E-state index >= 15 is 0 Å². The van der Waals surface area contributed by atoms with Crippen LogP contribution in [-0.2, 0) is 5.75 Å². The Kier molecular flexibility index (Phi) is 5.95. The number of hydrogen-bond acceptors (Lipinski definition) is 3. The number of urea groups is 1. The summed E-state index contributed by atoms with van der Waals surface area (Å²) in [5, 5.41) is 5.27. The molecule has 0 atom stereocenters. The highest BCUT2D eigenvalue weighted by Gasteiger charge is 2.04. The Morgan fingerprint density at radius 3 is 2.95 bits per heavy atom. The van der Waals surface area contributed by atoms with Crippen molar-refractivity contribution in [3.8, 4) is 0 Å². The van der Waals surface area contributed by atoms with Crippen LogP contribution in [0.3, 0.4) is 0 Å². The van der Waals surface area contributed by atoms with E-state index in [1.165, 1.54) is 18.2 Å². The number of carbonyl (C=O) groups excluding carboxylic acids is 1. The maximum absolute atomic E-state index is 13.0. The number of nitrogens with one attached hydrogen (secondary N) is 2. The van der Waals surface area contributed by atoms with Crippen molar-refractivity contribution >= 4 is 35.1 Å². The molecule has 1 aromatic carbocycles. The van der Waals surface area contributed by atoms with Crippen molar-refractivity contribution < 1.29 is 13.6 Å². The third-order valence-corrected chi connectivity index (χ3v) is 3.80. The van der Waals surface area contributed by atoms with E-state index in [-0.39, 0.29) is 11.1 Å². The van der Waals surface area contributed by atoms with Gasteiger partial charge in [0.1, 0.15) is 11.6 Å². The number of anilines is 1. The largest absolute Gasteiger partial charge is 0.468 e. The molecule has 0 saturated heterocycles. The zero-order valence-electron chi connectivity index (χ0n) is 11.1. The quantitative estimate of drug-likeness (QED) is 0.784. The minimum Gasteiger partial charge on any atom is -0.468 e. The normalized spacial score (nSPS) is 10.4. The molecule has 0 aliphatic heterocycles. The average Bonchev–Trinajstić information content (AvgIpc) is 2.96. The van der Waals surface area contributed by atoms with Gasteiger partial charge in [-0.3, -0.25) is 0 Å². The fourth-order valence-electron chi connectivity index (χ4n) is 1.55. The molecule has 0 aliphatic rings. The van der Waals surface area contributed by atoms with Gasteiger partial charge in [-0.25, -0.2) is 9.18 Å². The summed E-state index contributed by atoms with van der Waals surface area (Å²) >= 11 is 7.29. The molecule has 0 saturated carbocycles. The van der Waals surface area contributed by atoms with Crippen molar-refractivity contribution in [3.05, 3.63) is 53.2 Å². The van der Waals surface area contributed by atoms with E-state index < -0.39 is 5.82 Å². The van der Waals surface area contributed by atoms with E-state index in [0.717, 1.165) is 17.3 Å². The fraction of sp³-hybridized carbons (Fsp3) is 0.214. The second-order valence-corrected chi connectivity index (χ2v) is 5.65. The average molecular weight is 329 g/mol. The summed E-state index contributed by atoms with van der Waals surface area (Å²) in [6, 6.07) is 7.42. The Balaban J connectivity index is 1.64. The van der Waals surface area contributed by atoms with Gasteiger partial charge >= 0.3 is 6.03 Å². The van der Waals surface area contributed by atoms with E-state index in [4.69, 9.17) is 16.0 Å². The molecule has 7 heteroatoms. The molecule has 112 valence electrons. The first-order valence-corrected chi connectivity index (χ1v) is 7.78. The van der Waals surface area contributed by atoms with Crippen LogP contribution in [0.2, 0.25) is 5.02 Å². The lowest BCUT2D eigenvalue weighted by Gasteiger charge is -2.07. The molecule has 2 rings (SSSR count). The Bertz CT molecular complexity index is 593. The fourth-order valence-corrected chi connectivity index (χ4v) is 2.49. The Labute approximate surface area is 131 Å². The number of amides is 2. The van der Waals surface area contributed by atoms with Crippen molar-refractivity contribution in [1.29, 1.82) is 0 Å². The minimum absolute atomic E-state index is 0.0261. The van der Waals surface area contributed by atoms with Crippen LogP contribution < -0.4 is 10.6 Å². The number of furan rings is 1. The predicted octanol–water partition coefficient (Wildman–Crippen LogP) is 4.13. The SMILES string of the molecule is O=C(NCCSCc1ccco1)Nc1ccc(F)c(Cl)c1. The second-order valence-electron chi connectivity index (χ2n) is 4.14. The molecule has 2 N–H and O–H groups in total. The van der Waals surface area contributed by atoms with Gasteiger partial charge in [0.15, 0.2) is 0 Å². The number of thioether (sulfide) groups is 1. The molecular formula is C14H14ClFN2O2S. The zero-order chi connectivity index (χ0) is 15.1. The molecule has 4 nitrogen and oxygen atoms in total. The first-order valence-electron chi connectivity index (χ1n) is 6.25. The molecule has 1 aromatic heterocycles. The van der Waals surface area contributed by atoms with E-state index in [9.17, 15) is 9.18 Å². The van der Waals surface area contributed by atoms with Gasteiger partial charge in [-0.1, -0.05) is 11.6 Å². The number of benzene rings is 1. The lowest BCUT2D eigenvalue weighted by molar-refractivity contribution is 0.252. The van der Waals surface area contributed by atoms with Gasteiger partial charge < -0.3 is 15.1 Å². The summed E-state index contributed by atoms with van der Waals surface area (Å²) in [5.74, 6) is 1.92. The summed E-state index contributed by atoms with van der Waals surface area (Å²) in [6.07, 6.45) is 1.63. The van der Waals surface area contributed by atoms with Crippen LogP contribution in [0.25, 0.3) is 0 Å². The molecule has 0 bridgehead atoms. The topological polar surface area (TPSA) is 54.3 Å². The van der Waals surface area contributed by atoms with Crippen LogP contribution in [0, 0.1) is 5.82 Å². The Morgan fingerprint density at radius 1 is 1.38 bits per heavy atom. The highest BCUT2D eigenvalue weighted by molar-refractivity contribution is 7.98. The van der Waals surface area contributed by atoms with Crippen LogP contribution in [0.4, 0.5) is 14.9 Å². The zero-order valence-corrected chi connectivity index (χ0v) is 12.6. The molecule has 0 radical (unpaired) electrons. The monoisotopic (exact) mass is 328 g/mol. The number of carbonyl (C=O) groups is 1. The van der Waals surface area contributed by atoms with Crippen molar-refractivity contribution in [2.75, 3.05) is 17.6 Å². The van der Waals surface area contributed by atoms with Crippen LogP contribution in [-0.4, -0.2) is 18.3 Å². The van der Waals surface area contributed by atoms with Gasteiger partial charge in [0, 0.05) is 18.0 Å². The molecule has 21 heavy (non-hydrogen) atoms. The molecular weight excluding hydrogens is 315 g/mol. The Hall–Kier alpha value is -1.66. The summed E-state index contributed by atoms with van der Waals surface area (Å²) in [6.45, 7) is 0.520. The second kappa shape index (κ2) is 7.95. The van der Waals surface area contributed by atoms with E-state index in [1.807, 2.05) is 12.1 Å². The highest BCUT2D eigenvalue weighted by Crippen LogP contribution is 2.19. The third kappa shape index (κ3) is 5.32. The number of rotatable bonds is 6. The maximum Gasteiger partial charge on any atom is 0.319 e. The lowest BCUT2D eigenvalue weighted by Crippen LogP contribution is -2.30. The van der Waals surface area contributed by atoms with Crippen molar-refractivity contribution in [2.24, 2.45) is 0 Å². The molecule has 2 aromatic rings. The predicted molar refractivity (Wildman–Crippen MR) is 83.3 cm³/mol. The van der Waals surface area contributed by atoms with Gasteiger partial charge in [0.05, 0.1) is 17.0 Å². The molecule has 0 spiro atoms. The molecule has 1 heterocycles. The van der Waals surface area contributed by atoms with Gasteiger partial charge in [0.2, 0.25) is 0 Å². The van der Waals surface area contributed by atoms with Crippen LogP contribution in [0.1, 0.15) is 5.76 Å². The summed E-state index contributed by atoms with van der Waals surface area (Å²) in [7, 11) is 0. The first kappa shape index (κ1) is 15.7. The smallest absolute Gasteiger partial charge is 0.319 e. The van der Waals surface area contributed by atoms with Gasteiger partial charge in [-0.2, -0.15) is 11.8 Å². The highest BCUT2D eigenvalue weighted by atomic mass is 35.5. The minimum atomic E-state index is -0.517. The van der Waals surface area contributed by atoms with Crippen molar-refractivity contribution in [2.45, 2.75) is 5.75 Å². The molecule has 0 fully saturated rings. The van der Waals surface area contributed by atoms with Crippen LogP contribution in [0.15, 0.2) is 41.0 Å². The summed E-state index contributed by atoms with van der Waals surface area (Å²) in [4.78, 5) is 11.6. The number of halogens is 2. The third-order valence-electron chi connectivity index (χ3n) is 2.53. The molecule has 0 unspecified atom stereocenters. The summed E-state index contributed by atoms with van der Waals surface area (Å²) < 4.78 is 18.2. The Morgan fingerprint density at radius 2 is 2.24 bits per heavy atom. The van der Waals surface area contributed by atoms with Crippen molar-refractivity contribution in [1.82, 2.24) is 5.32 Å². The standard InChI is InChI=1S/C14H14ClFN2O2S/c15-12-8-10(3-4-13(12)16)18-14(19)17-5-7-21-9-11-2-1-6-20-11/h1-4,6,8H,5,7,9H2,(H2,17,18,19). The van der Waals surface area contributed by atoms with E-state index in [0.29, 0.717) is 12.2 Å². The maximum atomic E-state index is 13.0. The van der Waals surface area contributed by atoms with Crippen LogP contribution in [0.5, 0.6) is 0 Å². The van der Waals surface area contributed by atoms with E-state index in [2.05, 4.69) is 10.6 Å². The lowest BCUT2D eigenvalue weighted by atomic mass is 10.3. The van der Waals surface area contributed by atoms with Crippen molar-refractivity contribution in [3.63, 3.8) is 0 Å². The van der Waals surface area contributed by atoms with Gasteiger partial charge in [-0.05, 0) is 30.3 Å². The van der Waals surface area contributed by atoms with Gasteiger partial charge in [-0.15, -0.1) is 0 Å². The number of hydrogen-bond donors (Lipinski definition) is 2. The molecule has 2 amide bonds.